The summed E-state index contributed by atoms with van der Waals surface area (Å²) < 4.78 is 7.64. The van der Waals surface area contributed by atoms with E-state index in [-0.39, 0.29) is 17.2 Å². The van der Waals surface area contributed by atoms with Crippen LogP contribution in [0.5, 0.6) is 0 Å². The molecule has 3 aromatic rings. The van der Waals surface area contributed by atoms with Crippen LogP contribution < -0.4 is 5.32 Å². The number of carbonyl (C=O) groups excluding carboxylic acids is 1. The van der Waals surface area contributed by atoms with E-state index in [1.165, 1.54) is 11.8 Å². The molecule has 0 saturated heterocycles. The molecule has 0 aliphatic heterocycles. The minimum atomic E-state index is -0.278. The molecule has 1 N–H and O–H groups in total. The summed E-state index contributed by atoms with van der Waals surface area (Å²) in [7, 11) is 0. The van der Waals surface area contributed by atoms with E-state index in [4.69, 9.17) is 4.42 Å². The van der Waals surface area contributed by atoms with E-state index in [9.17, 15) is 4.79 Å². The molecule has 0 radical (unpaired) electrons. The molecule has 0 bridgehead atoms. The van der Waals surface area contributed by atoms with Crippen molar-refractivity contribution in [1.29, 1.82) is 0 Å². The maximum Gasteiger partial charge on any atom is 0.233 e. The number of carbonyl (C=O) groups is 1. The first-order chi connectivity index (χ1) is 14.7. The average molecular weight is 425 g/mol. The number of furan rings is 1. The van der Waals surface area contributed by atoms with Gasteiger partial charge in [-0.15, -0.1) is 10.2 Å². The Labute approximate surface area is 181 Å². The van der Waals surface area contributed by atoms with Crippen molar-refractivity contribution >= 4 is 17.7 Å². The molecule has 1 aromatic carbocycles. The van der Waals surface area contributed by atoms with Gasteiger partial charge in [0.1, 0.15) is 11.6 Å². The standard InChI is InChI=1S/C23H28N4O2S/c1-3-8-20(17-9-5-4-6-10-17)24-22(28)16(2)30-23-26-25-21(18-12-13-18)27(23)15-19-11-7-14-29-19/h4-7,9-11,14,16,18,20H,3,8,12-13,15H2,1-2H3,(H,24,28). The molecule has 7 heteroatoms. The lowest BCUT2D eigenvalue weighted by Gasteiger charge is -2.21. The number of nitrogens with one attached hydrogen (secondary N) is 1. The highest BCUT2D eigenvalue weighted by Gasteiger charge is 2.31. The Morgan fingerprint density at radius 3 is 2.70 bits per heavy atom. The van der Waals surface area contributed by atoms with Crippen molar-refractivity contribution in [3.63, 3.8) is 0 Å². The number of hydrogen-bond donors (Lipinski definition) is 1. The molecule has 1 amide bonds. The normalized spacial score (nSPS) is 15.7. The van der Waals surface area contributed by atoms with Gasteiger partial charge in [0.2, 0.25) is 5.91 Å². The summed E-state index contributed by atoms with van der Waals surface area (Å²) in [6.07, 6.45) is 5.88. The highest BCUT2D eigenvalue weighted by molar-refractivity contribution is 8.00. The Kier molecular flexibility index (Phi) is 6.57. The monoisotopic (exact) mass is 424 g/mol. The fourth-order valence-corrected chi connectivity index (χ4v) is 4.40. The predicted molar refractivity (Wildman–Crippen MR) is 117 cm³/mol. The Hall–Kier alpha value is -2.54. The maximum atomic E-state index is 13.0. The highest BCUT2D eigenvalue weighted by Crippen LogP contribution is 2.40. The Morgan fingerprint density at radius 1 is 1.23 bits per heavy atom. The van der Waals surface area contributed by atoms with E-state index in [2.05, 4.69) is 39.1 Å². The van der Waals surface area contributed by atoms with Gasteiger partial charge in [0.25, 0.3) is 0 Å². The molecule has 158 valence electrons. The van der Waals surface area contributed by atoms with E-state index in [1.54, 1.807) is 6.26 Å². The molecule has 1 aliphatic carbocycles. The van der Waals surface area contributed by atoms with Crippen LogP contribution in [0.1, 0.15) is 68.6 Å². The lowest BCUT2D eigenvalue weighted by atomic mass is 10.0. The van der Waals surface area contributed by atoms with Crippen LogP contribution >= 0.6 is 11.8 Å². The van der Waals surface area contributed by atoms with E-state index in [0.717, 1.165) is 48.0 Å². The Balaban J connectivity index is 1.46. The summed E-state index contributed by atoms with van der Waals surface area (Å²) in [6, 6.07) is 14.0. The number of rotatable bonds is 10. The molecule has 1 saturated carbocycles. The van der Waals surface area contributed by atoms with Gasteiger partial charge in [-0.1, -0.05) is 55.4 Å². The van der Waals surface area contributed by atoms with E-state index in [1.807, 2.05) is 37.3 Å². The van der Waals surface area contributed by atoms with Gasteiger partial charge < -0.3 is 9.73 Å². The zero-order valence-electron chi connectivity index (χ0n) is 17.5. The Bertz CT molecular complexity index is 951. The number of nitrogens with zero attached hydrogens (tertiary/aromatic N) is 3. The summed E-state index contributed by atoms with van der Waals surface area (Å²) in [4.78, 5) is 13.0. The molecule has 2 heterocycles. The molecule has 30 heavy (non-hydrogen) atoms. The molecule has 2 atom stereocenters. The maximum absolute atomic E-state index is 13.0. The average Bonchev–Trinajstić information content (AvgIpc) is 3.33. The van der Waals surface area contributed by atoms with Crippen LogP contribution in [0.15, 0.2) is 58.3 Å². The van der Waals surface area contributed by atoms with Crippen LogP contribution in [0.25, 0.3) is 0 Å². The van der Waals surface area contributed by atoms with Gasteiger partial charge in [0, 0.05) is 5.92 Å². The summed E-state index contributed by atoms with van der Waals surface area (Å²) in [5.74, 6) is 2.35. The topological polar surface area (TPSA) is 73.0 Å². The minimum Gasteiger partial charge on any atom is -0.467 e. The second kappa shape index (κ2) is 9.51. The first-order valence-corrected chi connectivity index (χ1v) is 11.5. The molecular weight excluding hydrogens is 396 g/mol. The Morgan fingerprint density at radius 2 is 2.03 bits per heavy atom. The smallest absolute Gasteiger partial charge is 0.233 e. The number of thioether (sulfide) groups is 1. The lowest BCUT2D eigenvalue weighted by Crippen LogP contribution is -2.34. The second-order valence-electron chi connectivity index (χ2n) is 7.80. The van der Waals surface area contributed by atoms with Gasteiger partial charge in [-0.2, -0.15) is 0 Å². The largest absolute Gasteiger partial charge is 0.467 e. The third-order valence-corrected chi connectivity index (χ3v) is 6.41. The summed E-state index contributed by atoms with van der Waals surface area (Å²) in [5, 5.41) is 12.5. The van der Waals surface area contributed by atoms with Gasteiger partial charge in [0.15, 0.2) is 5.16 Å². The zero-order valence-corrected chi connectivity index (χ0v) is 18.3. The van der Waals surface area contributed by atoms with Gasteiger partial charge >= 0.3 is 0 Å². The lowest BCUT2D eigenvalue weighted by molar-refractivity contribution is -0.121. The van der Waals surface area contributed by atoms with Crippen molar-refractivity contribution in [3.05, 3.63) is 65.9 Å². The first-order valence-electron chi connectivity index (χ1n) is 10.6. The van der Waals surface area contributed by atoms with E-state index in [0.29, 0.717) is 12.5 Å². The number of amides is 1. The van der Waals surface area contributed by atoms with E-state index < -0.39 is 0 Å². The number of hydrogen-bond acceptors (Lipinski definition) is 5. The van der Waals surface area contributed by atoms with Crippen LogP contribution in [0.4, 0.5) is 0 Å². The van der Waals surface area contributed by atoms with Crippen LogP contribution in [0, 0.1) is 0 Å². The van der Waals surface area contributed by atoms with Crippen molar-refractivity contribution in [2.75, 3.05) is 0 Å². The highest BCUT2D eigenvalue weighted by atomic mass is 32.2. The van der Waals surface area contributed by atoms with E-state index >= 15 is 0 Å². The third-order valence-electron chi connectivity index (χ3n) is 5.33. The quantitative estimate of drug-likeness (QED) is 0.467. The summed E-state index contributed by atoms with van der Waals surface area (Å²) >= 11 is 1.46. The summed E-state index contributed by atoms with van der Waals surface area (Å²) in [5.41, 5.74) is 1.14. The second-order valence-corrected chi connectivity index (χ2v) is 9.11. The predicted octanol–water partition coefficient (Wildman–Crippen LogP) is 4.94. The zero-order chi connectivity index (χ0) is 20.9. The molecule has 2 aromatic heterocycles. The summed E-state index contributed by atoms with van der Waals surface area (Å²) in [6.45, 7) is 4.65. The SMILES string of the molecule is CCCC(NC(=O)C(C)Sc1nnc(C2CC2)n1Cc1ccco1)c1ccccc1. The van der Waals surface area contributed by atoms with Crippen molar-refractivity contribution in [2.45, 2.75) is 68.4 Å². The molecule has 1 aliphatic rings. The van der Waals surface area contributed by atoms with Gasteiger partial charge in [-0.05, 0) is 43.9 Å². The third kappa shape index (κ3) is 4.95. The number of aromatic nitrogens is 3. The first kappa shape index (κ1) is 20.7. The molecule has 0 spiro atoms. The molecule has 6 nitrogen and oxygen atoms in total. The fourth-order valence-electron chi connectivity index (χ4n) is 3.53. The number of benzene rings is 1. The van der Waals surface area contributed by atoms with Gasteiger partial charge in [-0.25, -0.2) is 0 Å². The molecule has 1 fully saturated rings. The van der Waals surface area contributed by atoms with Gasteiger partial charge in [-0.3, -0.25) is 9.36 Å². The minimum absolute atomic E-state index is 0.0165. The van der Waals surface area contributed by atoms with Crippen LogP contribution in [-0.2, 0) is 11.3 Å². The molecular formula is C23H28N4O2S. The van der Waals surface area contributed by atoms with Crippen molar-refractivity contribution < 1.29 is 9.21 Å². The van der Waals surface area contributed by atoms with Gasteiger partial charge in [0.05, 0.1) is 24.1 Å². The fraction of sp³-hybridized carbons (Fsp3) is 0.435. The van der Waals surface area contributed by atoms with Crippen LogP contribution in [0.2, 0.25) is 0 Å². The van der Waals surface area contributed by atoms with Crippen molar-refractivity contribution in [1.82, 2.24) is 20.1 Å². The molecule has 2 unspecified atom stereocenters. The molecule has 4 rings (SSSR count). The van der Waals surface area contributed by atoms with Crippen molar-refractivity contribution in [3.8, 4) is 0 Å². The van der Waals surface area contributed by atoms with Crippen LogP contribution in [0.3, 0.4) is 0 Å². The van der Waals surface area contributed by atoms with Crippen molar-refractivity contribution in [2.24, 2.45) is 0 Å². The van der Waals surface area contributed by atoms with Crippen LogP contribution in [-0.4, -0.2) is 25.9 Å².